The lowest BCUT2D eigenvalue weighted by Gasteiger charge is -2.08. The van der Waals surface area contributed by atoms with Crippen LogP contribution in [0.1, 0.15) is 33.2 Å². The van der Waals surface area contributed by atoms with Crippen LogP contribution in [-0.4, -0.2) is 24.7 Å². The van der Waals surface area contributed by atoms with Gasteiger partial charge in [0, 0.05) is 20.6 Å². The van der Waals surface area contributed by atoms with Crippen molar-refractivity contribution in [2.24, 2.45) is 5.10 Å². The second-order valence-electron chi connectivity index (χ2n) is 6.24. The van der Waals surface area contributed by atoms with Crippen LogP contribution in [0.2, 0.25) is 5.02 Å². The Kier molecular flexibility index (Phi) is 7.81. The van der Waals surface area contributed by atoms with Crippen LogP contribution >= 0.6 is 27.5 Å². The molecule has 1 N–H and O–H groups in total. The van der Waals surface area contributed by atoms with E-state index in [1.165, 1.54) is 6.21 Å². The highest BCUT2D eigenvalue weighted by molar-refractivity contribution is 9.10. The lowest BCUT2D eigenvalue weighted by Crippen LogP contribution is -2.17. The fraction of sp³-hybridized carbons (Fsp3) is 0.0870. The molecule has 0 unspecified atom stereocenters. The number of nitrogens with one attached hydrogen (secondary N) is 1. The van der Waals surface area contributed by atoms with Gasteiger partial charge in [0.25, 0.3) is 5.91 Å². The fourth-order valence-electron chi connectivity index (χ4n) is 2.55. The molecule has 3 rings (SSSR count). The standard InChI is InChI=1S/C23H18BrClN2O4/c1-2-30-20-10-5-15(6-11-20)22(28)27-26-14-17-13-18(24)7-12-21(17)31-23(29)16-3-8-19(25)9-4-16/h3-14H,2H2,1H3,(H,27,28)/b26-14+. The molecule has 6 nitrogen and oxygen atoms in total. The normalized spacial score (nSPS) is 10.7. The van der Waals surface area contributed by atoms with Gasteiger partial charge in [0.05, 0.1) is 18.4 Å². The largest absolute Gasteiger partial charge is 0.494 e. The molecule has 0 saturated carbocycles. The number of halogens is 2. The third-order valence-electron chi connectivity index (χ3n) is 4.05. The van der Waals surface area contributed by atoms with Crippen LogP contribution in [0, 0.1) is 0 Å². The predicted octanol–water partition coefficient (Wildman–Crippen LogP) is 5.48. The van der Waals surface area contributed by atoms with E-state index in [4.69, 9.17) is 21.1 Å². The first-order chi connectivity index (χ1) is 15.0. The van der Waals surface area contributed by atoms with E-state index < -0.39 is 5.97 Å². The molecule has 158 valence electrons. The highest BCUT2D eigenvalue weighted by Crippen LogP contribution is 2.23. The zero-order valence-corrected chi connectivity index (χ0v) is 18.8. The number of carbonyl (C=O) groups excluding carboxylic acids is 2. The Balaban J connectivity index is 1.69. The van der Waals surface area contributed by atoms with Crippen molar-refractivity contribution in [3.63, 3.8) is 0 Å². The number of hydrazone groups is 1. The minimum atomic E-state index is -0.535. The molecular formula is C23H18BrClN2O4. The van der Waals surface area contributed by atoms with Crippen LogP contribution in [0.25, 0.3) is 0 Å². The highest BCUT2D eigenvalue weighted by Gasteiger charge is 2.12. The van der Waals surface area contributed by atoms with Crippen molar-refractivity contribution in [2.75, 3.05) is 6.61 Å². The lowest BCUT2D eigenvalue weighted by atomic mass is 10.2. The number of carbonyl (C=O) groups is 2. The van der Waals surface area contributed by atoms with Gasteiger partial charge in [0.2, 0.25) is 0 Å². The van der Waals surface area contributed by atoms with Crippen molar-refractivity contribution < 1.29 is 19.1 Å². The van der Waals surface area contributed by atoms with Crippen LogP contribution in [0.5, 0.6) is 11.5 Å². The minimum absolute atomic E-state index is 0.294. The Morgan fingerprint density at radius 3 is 2.39 bits per heavy atom. The Morgan fingerprint density at radius 1 is 1.03 bits per heavy atom. The van der Waals surface area contributed by atoms with Gasteiger partial charge in [-0.2, -0.15) is 5.10 Å². The van der Waals surface area contributed by atoms with Gasteiger partial charge in [-0.15, -0.1) is 0 Å². The quantitative estimate of drug-likeness (QED) is 0.201. The molecule has 0 fully saturated rings. The van der Waals surface area contributed by atoms with Gasteiger partial charge in [-0.3, -0.25) is 4.79 Å². The summed E-state index contributed by atoms with van der Waals surface area (Å²) in [6.45, 7) is 2.44. The fourth-order valence-corrected chi connectivity index (χ4v) is 3.06. The zero-order chi connectivity index (χ0) is 22.2. The maximum absolute atomic E-state index is 12.4. The van der Waals surface area contributed by atoms with Gasteiger partial charge in [0.1, 0.15) is 11.5 Å². The summed E-state index contributed by atoms with van der Waals surface area (Å²) in [5, 5.41) is 4.51. The van der Waals surface area contributed by atoms with E-state index in [1.54, 1.807) is 66.7 Å². The number of esters is 1. The van der Waals surface area contributed by atoms with Crippen molar-refractivity contribution in [2.45, 2.75) is 6.92 Å². The number of hydrogen-bond donors (Lipinski definition) is 1. The molecular weight excluding hydrogens is 484 g/mol. The zero-order valence-electron chi connectivity index (χ0n) is 16.5. The predicted molar refractivity (Wildman–Crippen MR) is 123 cm³/mol. The first-order valence-electron chi connectivity index (χ1n) is 9.30. The summed E-state index contributed by atoms with van der Waals surface area (Å²) in [7, 11) is 0. The van der Waals surface area contributed by atoms with Crippen molar-refractivity contribution in [1.29, 1.82) is 0 Å². The number of rotatable bonds is 7. The monoisotopic (exact) mass is 500 g/mol. The molecule has 8 heteroatoms. The van der Waals surface area contributed by atoms with Crippen LogP contribution in [0.4, 0.5) is 0 Å². The van der Waals surface area contributed by atoms with Gasteiger partial charge in [-0.25, -0.2) is 10.2 Å². The summed E-state index contributed by atoms with van der Waals surface area (Å²) in [4.78, 5) is 24.7. The van der Waals surface area contributed by atoms with Gasteiger partial charge in [-0.1, -0.05) is 27.5 Å². The van der Waals surface area contributed by atoms with Gasteiger partial charge >= 0.3 is 5.97 Å². The number of hydrogen-bond acceptors (Lipinski definition) is 5. The molecule has 0 heterocycles. The molecule has 0 aliphatic carbocycles. The lowest BCUT2D eigenvalue weighted by molar-refractivity contribution is 0.0734. The Bertz CT molecular complexity index is 1100. The van der Waals surface area contributed by atoms with Gasteiger partial charge in [0.15, 0.2) is 0 Å². The molecule has 0 atom stereocenters. The Hall–Kier alpha value is -3.16. The Morgan fingerprint density at radius 2 is 1.71 bits per heavy atom. The minimum Gasteiger partial charge on any atom is -0.494 e. The summed E-state index contributed by atoms with van der Waals surface area (Å²) in [5.41, 5.74) is 3.75. The van der Waals surface area contributed by atoms with Crippen molar-refractivity contribution >= 4 is 45.6 Å². The van der Waals surface area contributed by atoms with Crippen LogP contribution < -0.4 is 14.9 Å². The van der Waals surface area contributed by atoms with Crippen molar-refractivity contribution in [3.05, 3.63) is 92.9 Å². The van der Waals surface area contributed by atoms with E-state index >= 15 is 0 Å². The summed E-state index contributed by atoms with van der Waals surface area (Å²) in [6.07, 6.45) is 1.40. The summed E-state index contributed by atoms with van der Waals surface area (Å²) < 4.78 is 11.6. The second kappa shape index (κ2) is 10.7. The topological polar surface area (TPSA) is 77.0 Å². The van der Waals surface area contributed by atoms with Gasteiger partial charge in [-0.05, 0) is 73.7 Å². The number of amides is 1. The molecule has 0 spiro atoms. The van der Waals surface area contributed by atoms with E-state index in [2.05, 4.69) is 26.5 Å². The van der Waals surface area contributed by atoms with E-state index in [9.17, 15) is 9.59 Å². The SMILES string of the molecule is CCOc1ccc(C(=O)N/N=C/c2cc(Br)ccc2OC(=O)c2ccc(Cl)cc2)cc1. The summed E-state index contributed by atoms with van der Waals surface area (Å²) in [6, 6.07) is 18.2. The maximum Gasteiger partial charge on any atom is 0.343 e. The second-order valence-corrected chi connectivity index (χ2v) is 7.59. The molecule has 3 aromatic rings. The molecule has 0 aliphatic heterocycles. The van der Waals surface area contributed by atoms with Gasteiger partial charge < -0.3 is 9.47 Å². The first-order valence-corrected chi connectivity index (χ1v) is 10.5. The molecule has 31 heavy (non-hydrogen) atoms. The number of benzene rings is 3. The molecule has 0 aliphatic rings. The van der Waals surface area contributed by atoms with E-state index in [1.807, 2.05) is 6.92 Å². The average molecular weight is 502 g/mol. The van der Waals surface area contributed by atoms with Crippen molar-refractivity contribution in [1.82, 2.24) is 5.43 Å². The maximum atomic E-state index is 12.4. The number of ether oxygens (including phenoxy) is 2. The molecule has 3 aromatic carbocycles. The van der Waals surface area contributed by atoms with Crippen LogP contribution in [-0.2, 0) is 0 Å². The highest BCUT2D eigenvalue weighted by atomic mass is 79.9. The molecule has 1 amide bonds. The van der Waals surface area contributed by atoms with E-state index in [-0.39, 0.29) is 5.91 Å². The molecule has 0 radical (unpaired) electrons. The summed E-state index contributed by atoms with van der Waals surface area (Å²) in [5.74, 6) is 0.0621. The smallest absolute Gasteiger partial charge is 0.343 e. The molecule has 0 aromatic heterocycles. The third kappa shape index (κ3) is 6.41. The van der Waals surface area contributed by atoms with E-state index in [0.717, 1.165) is 4.47 Å². The average Bonchev–Trinajstić information content (AvgIpc) is 2.76. The number of nitrogens with zero attached hydrogens (tertiary/aromatic N) is 1. The van der Waals surface area contributed by atoms with Crippen LogP contribution in [0.15, 0.2) is 76.3 Å². The van der Waals surface area contributed by atoms with Crippen LogP contribution in [0.3, 0.4) is 0 Å². The molecule has 0 bridgehead atoms. The Labute approximate surface area is 193 Å². The molecule has 0 saturated heterocycles. The van der Waals surface area contributed by atoms with Crippen molar-refractivity contribution in [3.8, 4) is 11.5 Å². The third-order valence-corrected chi connectivity index (χ3v) is 4.80. The first kappa shape index (κ1) is 22.5. The van der Waals surface area contributed by atoms with E-state index in [0.29, 0.717) is 39.8 Å². The summed E-state index contributed by atoms with van der Waals surface area (Å²) >= 11 is 9.23.